The van der Waals surface area contributed by atoms with Crippen molar-refractivity contribution in [2.45, 2.75) is 39.0 Å². The van der Waals surface area contributed by atoms with Crippen molar-refractivity contribution in [3.05, 3.63) is 29.8 Å². The number of ether oxygens (including phenoxy) is 1. The van der Waals surface area contributed by atoms with Crippen molar-refractivity contribution in [1.82, 2.24) is 10.6 Å². The van der Waals surface area contributed by atoms with Gasteiger partial charge >= 0.3 is 0 Å². The zero-order chi connectivity index (χ0) is 15.8. The summed E-state index contributed by atoms with van der Waals surface area (Å²) < 4.78 is 5.52. The molecule has 0 saturated carbocycles. The summed E-state index contributed by atoms with van der Waals surface area (Å²) in [7, 11) is 0. The van der Waals surface area contributed by atoms with E-state index in [1.807, 2.05) is 24.3 Å². The normalized spacial score (nSPS) is 17.4. The van der Waals surface area contributed by atoms with E-state index >= 15 is 0 Å². The Morgan fingerprint density at radius 1 is 1.35 bits per heavy atom. The Morgan fingerprint density at radius 3 is 2.70 bits per heavy atom. The number of piperidine rings is 1. The van der Waals surface area contributed by atoms with Gasteiger partial charge in [0.15, 0.2) is 6.61 Å². The number of benzene rings is 1. The highest BCUT2D eigenvalue weighted by Gasteiger charge is 2.12. The number of hydrogen-bond donors (Lipinski definition) is 2. The first-order chi connectivity index (χ1) is 10.6. The number of halogens is 1. The lowest BCUT2D eigenvalue weighted by molar-refractivity contribution is -0.123. The van der Waals surface area contributed by atoms with Crippen molar-refractivity contribution in [3.63, 3.8) is 0 Å². The van der Waals surface area contributed by atoms with Crippen LogP contribution < -0.4 is 15.4 Å². The van der Waals surface area contributed by atoms with Gasteiger partial charge in [-0.2, -0.15) is 0 Å². The minimum atomic E-state index is -0.0447. The van der Waals surface area contributed by atoms with Crippen LogP contribution in [0.4, 0.5) is 0 Å². The summed E-state index contributed by atoms with van der Waals surface area (Å²) in [6.45, 7) is 7.35. The zero-order valence-corrected chi connectivity index (χ0v) is 15.0. The average molecular weight is 341 g/mol. The highest BCUT2D eigenvalue weighted by Crippen LogP contribution is 2.18. The topological polar surface area (TPSA) is 50.4 Å². The van der Waals surface area contributed by atoms with Gasteiger partial charge in [0.2, 0.25) is 0 Å². The summed E-state index contributed by atoms with van der Waals surface area (Å²) in [6.07, 6.45) is 3.55. The van der Waals surface area contributed by atoms with Crippen molar-refractivity contribution < 1.29 is 9.53 Å². The zero-order valence-electron chi connectivity index (χ0n) is 14.1. The summed E-state index contributed by atoms with van der Waals surface area (Å²) in [5, 5.41) is 6.33. The first kappa shape index (κ1) is 19.8. The van der Waals surface area contributed by atoms with Gasteiger partial charge in [0.1, 0.15) is 5.75 Å². The van der Waals surface area contributed by atoms with Crippen molar-refractivity contribution in [2.75, 3.05) is 26.2 Å². The standard InChI is InChI=1S/C18H28N2O2.ClH/c1-14(2)16-5-7-17(8-6-16)22-13-18(21)20-11-9-15-4-3-10-19-12-15;/h5-8,14-15,19H,3-4,9-13H2,1-2H3,(H,20,21);1H. The maximum absolute atomic E-state index is 11.8. The van der Waals surface area contributed by atoms with Gasteiger partial charge in [0.25, 0.3) is 5.91 Å². The third-order valence-corrected chi connectivity index (χ3v) is 4.19. The Bertz CT molecular complexity index is 457. The van der Waals surface area contributed by atoms with E-state index in [0.717, 1.165) is 31.8 Å². The van der Waals surface area contributed by atoms with Crippen LogP contribution in [-0.4, -0.2) is 32.1 Å². The molecule has 23 heavy (non-hydrogen) atoms. The van der Waals surface area contributed by atoms with E-state index in [1.54, 1.807) is 0 Å². The smallest absolute Gasteiger partial charge is 0.257 e. The molecule has 2 rings (SSSR count). The molecule has 4 nitrogen and oxygen atoms in total. The van der Waals surface area contributed by atoms with Crippen LogP contribution in [0.2, 0.25) is 0 Å². The lowest BCUT2D eigenvalue weighted by Gasteiger charge is -2.22. The van der Waals surface area contributed by atoms with Gasteiger partial charge in [-0.1, -0.05) is 26.0 Å². The highest BCUT2D eigenvalue weighted by molar-refractivity contribution is 5.85. The van der Waals surface area contributed by atoms with Gasteiger partial charge in [0.05, 0.1) is 0 Å². The SMILES string of the molecule is CC(C)c1ccc(OCC(=O)NCCC2CCCNC2)cc1.Cl. The largest absolute Gasteiger partial charge is 0.484 e. The minimum absolute atomic E-state index is 0. The second-order valence-corrected chi connectivity index (χ2v) is 6.36. The molecule has 1 aromatic rings. The van der Waals surface area contributed by atoms with E-state index in [0.29, 0.717) is 11.8 Å². The van der Waals surface area contributed by atoms with Crippen LogP contribution in [0, 0.1) is 5.92 Å². The molecule has 1 atom stereocenters. The van der Waals surface area contributed by atoms with E-state index in [4.69, 9.17) is 4.74 Å². The van der Waals surface area contributed by atoms with Gasteiger partial charge in [0, 0.05) is 6.54 Å². The van der Waals surface area contributed by atoms with E-state index < -0.39 is 0 Å². The monoisotopic (exact) mass is 340 g/mol. The van der Waals surface area contributed by atoms with E-state index in [9.17, 15) is 4.79 Å². The van der Waals surface area contributed by atoms with Crippen molar-refractivity contribution in [3.8, 4) is 5.75 Å². The maximum atomic E-state index is 11.8. The molecule has 1 unspecified atom stereocenters. The fraction of sp³-hybridized carbons (Fsp3) is 0.611. The summed E-state index contributed by atoms with van der Waals surface area (Å²) in [6, 6.07) is 7.95. The molecule has 0 aliphatic carbocycles. The number of hydrogen-bond acceptors (Lipinski definition) is 3. The molecule has 1 saturated heterocycles. The number of amides is 1. The summed E-state index contributed by atoms with van der Waals surface area (Å²) >= 11 is 0. The van der Waals surface area contributed by atoms with E-state index in [2.05, 4.69) is 24.5 Å². The van der Waals surface area contributed by atoms with Gasteiger partial charge < -0.3 is 15.4 Å². The van der Waals surface area contributed by atoms with Gasteiger partial charge in [-0.3, -0.25) is 4.79 Å². The Hall–Kier alpha value is -1.26. The summed E-state index contributed by atoms with van der Waals surface area (Å²) in [5.74, 6) is 1.90. The predicted octanol–water partition coefficient (Wildman–Crippen LogP) is 3.12. The molecular formula is C18H29ClN2O2. The Balaban J connectivity index is 0.00000264. The molecule has 2 N–H and O–H groups in total. The molecule has 5 heteroatoms. The van der Waals surface area contributed by atoms with Crippen LogP contribution in [0.1, 0.15) is 44.6 Å². The first-order valence-corrected chi connectivity index (χ1v) is 8.35. The van der Waals surface area contributed by atoms with Crippen LogP contribution in [0.3, 0.4) is 0 Å². The van der Waals surface area contributed by atoms with Crippen molar-refractivity contribution in [2.24, 2.45) is 5.92 Å². The maximum Gasteiger partial charge on any atom is 0.257 e. The Morgan fingerprint density at radius 2 is 2.09 bits per heavy atom. The fourth-order valence-corrected chi connectivity index (χ4v) is 2.73. The van der Waals surface area contributed by atoms with Crippen LogP contribution in [-0.2, 0) is 4.79 Å². The van der Waals surface area contributed by atoms with Gasteiger partial charge in [-0.15, -0.1) is 12.4 Å². The molecule has 0 spiro atoms. The molecular weight excluding hydrogens is 312 g/mol. The first-order valence-electron chi connectivity index (χ1n) is 8.35. The van der Waals surface area contributed by atoms with Gasteiger partial charge in [-0.05, 0) is 61.9 Å². The predicted molar refractivity (Wildman–Crippen MR) is 96.5 cm³/mol. The van der Waals surface area contributed by atoms with E-state index in [-0.39, 0.29) is 24.9 Å². The Kier molecular flexibility index (Phi) is 9.03. The van der Waals surface area contributed by atoms with Crippen LogP contribution in [0.15, 0.2) is 24.3 Å². The Labute approximate surface area is 145 Å². The van der Waals surface area contributed by atoms with Gasteiger partial charge in [-0.25, -0.2) is 0 Å². The number of nitrogens with one attached hydrogen (secondary N) is 2. The molecule has 1 amide bonds. The molecule has 1 aliphatic heterocycles. The molecule has 0 aromatic heterocycles. The molecule has 1 fully saturated rings. The van der Waals surface area contributed by atoms with Crippen LogP contribution in [0.5, 0.6) is 5.75 Å². The third kappa shape index (κ3) is 7.23. The van der Waals surface area contributed by atoms with E-state index in [1.165, 1.54) is 18.4 Å². The molecule has 1 heterocycles. The molecule has 130 valence electrons. The lowest BCUT2D eigenvalue weighted by atomic mass is 9.96. The van der Waals surface area contributed by atoms with Crippen molar-refractivity contribution >= 4 is 18.3 Å². The van der Waals surface area contributed by atoms with Crippen LogP contribution in [0.25, 0.3) is 0 Å². The van der Waals surface area contributed by atoms with Crippen LogP contribution >= 0.6 is 12.4 Å². The molecule has 0 radical (unpaired) electrons. The van der Waals surface area contributed by atoms with Crippen molar-refractivity contribution in [1.29, 1.82) is 0 Å². The fourth-order valence-electron chi connectivity index (χ4n) is 2.73. The molecule has 0 bridgehead atoms. The second-order valence-electron chi connectivity index (χ2n) is 6.36. The molecule has 1 aromatic carbocycles. The molecule has 1 aliphatic rings. The third-order valence-electron chi connectivity index (χ3n) is 4.19. The number of carbonyl (C=O) groups excluding carboxylic acids is 1. The lowest BCUT2D eigenvalue weighted by Crippen LogP contribution is -2.34. The summed E-state index contributed by atoms with van der Waals surface area (Å²) in [5.41, 5.74) is 1.28. The second kappa shape index (κ2) is 10.5. The average Bonchev–Trinajstić information content (AvgIpc) is 2.54. The number of carbonyl (C=O) groups is 1. The highest BCUT2D eigenvalue weighted by atomic mass is 35.5. The minimum Gasteiger partial charge on any atom is -0.484 e. The number of rotatable bonds is 7. The summed E-state index contributed by atoms with van der Waals surface area (Å²) in [4.78, 5) is 11.8. The quantitative estimate of drug-likeness (QED) is 0.801.